The maximum absolute atomic E-state index is 13.4. The fraction of sp³-hybridized carbons (Fsp3) is 0.161. The maximum atomic E-state index is 13.4. The standard InChI is InChI=1S/C31H29NO4/c33-30(35-24-28-19-11-4-12-20-28)29(21-25-13-5-1-6-14-25)36-31(34)32(22-26-15-7-2-8-16-26)23-27-17-9-3-10-18-27/h1-20,29H,21-24H2. The normalized spacial score (nSPS) is 11.3. The van der Waals surface area contributed by atoms with Crippen molar-refractivity contribution in [3.05, 3.63) is 144 Å². The predicted molar refractivity (Wildman–Crippen MR) is 139 cm³/mol. The van der Waals surface area contributed by atoms with Crippen molar-refractivity contribution in [2.75, 3.05) is 0 Å². The summed E-state index contributed by atoms with van der Waals surface area (Å²) in [6, 6.07) is 38.3. The predicted octanol–water partition coefficient (Wildman–Crippen LogP) is 6.18. The number of hydrogen-bond acceptors (Lipinski definition) is 4. The van der Waals surface area contributed by atoms with Crippen LogP contribution in [0.1, 0.15) is 22.3 Å². The molecule has 0 aliphatic heterocycles. The molecule has 1 unspecified atom stereocenters. The third-order valence-corrected chi connectivity index (χ3v) is 5.68. The summed E-state index contributed by atoms with van der Waals surface area (Å²) in [5.41, 5.74) is 3.68. The first-order valence-electron chi connectivity index (χ1n) is 12.0. The molecule has 4 aromatic rings. The van der Waals surface area contributed by atoms with Crippen LogP contribution in [0.5, 0.6) is 0 Å². The van der Waals surface area contributed by atoms with Crippen molar-refractivity contribution in [1.29, 1.82) is 0 Å². The van der Waals surface area contributed by atoms with Gasteiger partial charge >= 0.3 is 12.1 Å². The van der Waals surface area contributed by atoms with E-state index in [4.69, 9.17) is 9.47 Å². The molecule has 36 heavy (non-hydrogen) atoms. The number of carbonyl (C=O) groups is 2. The van der Waals surface area contributed by atoms with E-state index in [1.807, 2.05) is 121 Å². The van der Waals surface area contributed by atoms with Gasteiger partial charge in [-0.1, -0.05) is 121 Å². The van der Waals surface area contributed by atoms with Crippen LogP contribution < -0.4 is 0 Å². The highest BCUT2D eigenvalue weighted by Crippen LogP contribution is 2.16. The lowest BCUT2D eigenvalue weighted by Crippen LogP contribution is -2.38. The summed E-state index contributed by atoms with van der Waals surface area (Å²) in [6.07, 6.45) is -1.41. The van der Waals surface area contributed by atoms with Gasteiger partial charge in [0.25, 0.3) is 0 Å². The molecule has 0 aliphatic rings. The van der Waals surface area contributed by atoms with E-state index < -0.39 is 18.2 Å². The quantitative estimate of drug-likeness (QED) is 0.255. The van der Waals surface area contributed by atoms with E-state index in [0.29, 0.717) is 13.1 Å². The minimum absolute atomic E-state index is 0.111. The molecule has 0 bridgehead atoms. The van der Waals surface area contributed by atoms with Gasteiger partial charge in [-0.3, -0.25) is 4.90 Å². The minimum Gasteiger partial charge on any atom is -0.458 e. The molecule has 182 valence electrons. The Labute approximate surface area is 211 Å². The van der Waals surface area contributed by atoms with Crippen LogP contribution in [0.15, 0.2) is 121 Å². The van der Waals surface area contributed by atoms with Gasteiger partial charge in [-0.2, -0.15) is 0 Å². The zero-order valence-corrected chi connectivity index (χ0v) is 20.0. The molecule has 1 atom stereocenters. The fourth-order valence-corrected chi connectivity index (χ4v) is 3.81. The summed E-state index contributed by atoms with van der Waals surface area (Å²) >= 11 is 0. The van der Waals surface area contributed by atoms with Crippen LogP contribution in [0.2, 0.25) is 0 Å². The number of nitrogens with zero attached hydrogens (tertiary/aromatic N) is 1. The van der Waals surface area contributed by atoms with Crippen molar-refractivity contribution in [3.63, 3.8) is 0 Å². The highest BCUT2D eigenvalue weighted by Gasteiger charge is 2.28. The second-order valence-electron chi connectivity index (χ2n) is 8.48. The first-order chi connectivity index (χ1) is 17.7. The Kier molecular flexibility index (Phi) is 8.87. The smallest absolute Gasteiger partial charge is 0.411 e. The van der Waals surface area contributed by atoms with E-state index in [0.717, 1.165) is 22.3 Å². The molecule has 5 heteroatoms. The van der Waals surface area contributed by atoms with Crippen molar-refractivity contribution in [1.82, 2.24) is 4.90 Å². The molecule has 0 saturated heterocycles. The second-order valence-corrected chi connectivity index (χ2v) is 8.48. The van der Waals surface area contributed by atoms with Gasteiger partial charge < -0.3 is 9.47 Å². The molecule has 0 radical (unpaired) electrons. The zero-order valence-electron chi connectivity index (χ0n) is 20.0. The molecule has 0 heterocycles. The zero-order chi connectivity index (χ0) is 25.0. The Hall–Kier alpha value is -4.38. The SMILES string of the molecule is O=C(OCc1ccccc1)C(Cc1ccccc1)OC(=O)N(Cc1ccccc1)Cc1ccccc1. The van der Waals surface area contributed by atoms with E-state index in [-0.39, 0.29) is 13.0 Å². The van der Waals surface area contributed by atoms with Crippen LogP contribution >= 0.6 is 0 Å². The van der Waals surface area contributed by atoms with Crippen LogP contribution in [0, 0.1) is 0 Å². The monoisotopic (exact) mass is 479 g/mol. The molecule has 1 amide bonds. The highest BCUT2D eigenvalue weighted by molar-refractivity contribution is 5.79. The Balaban J connectivity index is 1.51. The number of hydrogen-bond donors (Lipinski definition) is 0. The van der Waals surface area contributed by atoms with Crippen molar-refractivity contribution in [2.45, 2.75) is 32.2 Å². The molecule has 0 fully saturated rings. The number of rotatable bonds is 10. The van der Waals surface area contributed by atoms with Gasteiger partial charge in [0, 0.05) is 19.5 Å². The number of esters is 1. The van der Waals surface area contributed by atoms with E-state index in [1.54, 1.807) is 4.90 Å². The number of benzene rings is 4. The van der Waals surface area contributed by atoms with Crippen molar-refractivity contribution in [2.24, 2.45) is 0 Å². The molecule has 4 aromatic carbocycles. The van der Waals surface area contributed by atoms with Crippen LogP contribution in [0.3, 0.4) is 0 Å². The van der Waals surface area contributed by atoms with Crippen molar-refractivity contribution in [3.8, 4) is 0 Å². The third kappa shape index (κ3) is 7.57. The Morgan fingerprint density at radius 1 is 0.583 bits per heavy atom. The molecular weight excluding hydrogens is 450 g/mol. The molecule has 0 aromatic heterocycles. The largest absolute Gasteiger partial charge is 0.458 e. The van der Waals surface area contributed by atoms with Crippen molar-refractivity contribution >= 4 is 12.1 Å². The second kappa shape index (κ2) is 12.9. The van der Waals surface area contributed by atoms with Crippen LogP contribution in [0.25, 0.3) is 0 Å². The summed E-state index contributed by atoms with van der Waals surface area (Å²) in [4.78, 5) is 28.1. The van der Waals surface area contributed by atoms with E-state index in [1.165, 1.54) is 0 Å². The lowest BCUT2D eigenvalue weighted by atomic mass is 10.1. The van der Waals surface area contributed by atoms with Crippen LogP contribution in [-0.2, 0) is 40.4 Å². The summed E-state index contributed by atoms with van der Waals surface area (Å²) < 4.78 is 11.4. The van der Waals surface area contributed by atoms with Crippen molar-refractivity contribution < 1.29 is 19.1 Å². The number of carbonyl (C=O) groups excluding carboxylic acids is 2. The topological polar surface area (TPSA) is 55.8 Å². The Morgan fingerprint density at radius 3 is 1.47 bits per heavy atom. The number of amides is 1. The Bertz CT molecular complexity index is 1170. The highest BCUT2D eigenvalue weighted by atomic mass is 16.6. The number of ether oxygens (including phenoxy) is 2. The van der Waals surface area contributed by atoms with Gasteiger partial charge in [0.15, 0.2) is 0 Å². The van der Waals surface area contributed by atoms with E-state index >= 15 is 0 Å². The first kappa shape index (κ1) is 24.7. The third-order valence-electron chi connectivity index (χ3n) is 5.68. The summed E-state index contributed by atoms with van der Waals surface area (Å²) in [7, 11) is 0. The van der Waals surface area contributed by atoms with Gasteiger partial charge in [0.2, 0.25) is 6.10 Å². The average molecular weight is 480 g/mol. The lowest BCUT2D eigenvalue weighted by Gasteiger charge is -2.25. The van der Waals surface area contributed by atoms with Gasteiger partial charge in [0.05, 0.1) is 0 Å². The molecule has 5 nitrogen and oxygen atoms in total. The van der Waals surface area contributed by atoms with E-state index in [9.17, 15) is 9.59 Å². The summed E-state index contributed by atoms with van der Waals surface area (Å²) in [6.45, 7) is 0.817. The van der Waals surface area contributed by atoms with Crippen LogP contribution in [0.4, 0.5) is 4.79 Å². The molecule has 4 rings (SSSR count). The molecule has 0 saturated carbocycles. The first-order valence-corrected chi connectivity index (χ1v) is 12.0. The molecule has 0 N–H and O–H groups in total. The van der Waals surface area contributed by atoms with Gasteiger partial charge in [-0.25, -0.2) is 9.59 Å². The van der Waals surface area contributed by atoms with Gasteiger partial charge in [-0.05, 0) is 22.3 Å². The molecular formula is C31H29NO4. The maximum Gasteiger partial charge on any atom is 0.411 e. The fourth-order valence-electron chi connectivity index (χ4n) is 3.81. The Morgan fingerprint density at radius 2 is 1.00 bits per heavy atom. The van der Waals surface area contributed by atoms with Crippen LogP contribution in [-0.4, -0.2) is 23.1 Å². The molecule has 0 spiro atoms. The minimum atomic E-state index is -1.07. The molecule has 0 aliphatic carbocycles. The average Bonchev–Trinajstić information content (AvgIpc) is 2.93. The van der Waals surface area contributed by atoms with E-state index in [2.05, 4.69) is 0 Å². The summed E-state index contributed by atoms with van der Waals surface area (Å²) in [5.74, 6) is -0.574. The van der Waals surface area contributed by atoms with Gasteiger partial charge in [-0.15, -0.1) is 0 Å². The van der Waals surface area contributed by atoms with Gasteiger partial charge in [0.1, 0.15) is 6.61 Å². The lowest BCUT2D eigenvalue weighted by molar-refractivity contribution is -0.155. The summed E-state index contributed by atoms with van der Waals surface area (Å²) in [5, 5.41) is 0.